The van der Waals surface area contributed by atoms with Gasteiger partial charge in [0.1, 0.15) is 5.75 Å². The summed E-state index contributed by atoms with van der Waals surface area (Å²) in [5.74, 6) is -1.04. The van der Waals surface area contributed by atoms with Crippen LogP contribution in [0.3, 0.4) is 0 Å². The quantitative estimate of drug-likeness (QED) is 0.653. The summed E-state index contributed by atoms with van der Waals surface area (Å²) >= 11 is 3.26. The molecule has 0 aliphatic heterocycles. The second-order valence-corrected chi connectivity index (χ2v) is 5.16. The lowest BCUT2D eigenvalue weighted by Gasteiger charge is -2.11. The fourth-order valence-corrected chi connectivity index (χ4v) is 2.46. The normalized spacial score (nSPS) is 12.0. The first-order valence-corrected chi connectivity index (χ1v) is 6.77. The van der Waals surface area contributed by atoms with E-state index in [1.165, 1.54) is 18.2 Å². The fraction of sp³-hybridized carbons (Fsp3) is 0.143. The second-order valence-electron chi connectivity index (χ2n) is 4.31. The molecule has 0 heterocycles. The lowest BCUT2D eigenvalue weighted by molar-refractivity contribution is -0.385. The zero-order chi connectivity index (χ0) is 15.6. The van der Waals surface area contributed by atoms with Gasteiger partial charge in [-0.15, -0.1) is 0 Å². The highest BCUT2D eigenvalue weighted by atomic mass is 79.9. The van der Waals surface area contributed by atoms with Crippen molar-refractivity contribution in [2.24, 2.45) is 0 Å². The van der Waals surface area contributed by atoms with Crippen LogP contribution in [0.4, 0.5) is 10.1 Å². The number of nitro benzene ring substituents is 1. The predicted molar refractivity (Wildman–Crippen MR) is 77.9 cm³/mol. The summed E-state index contributed by atoms with van der Waals surface area (Å²) in [7, 11) is 0. The summed E-state index contributed by atoms with van der Waals surface area (Å²) in [4.78, 5) is 10.2. The van der Waals surface area contributed by atoms with E-state index in [0.29, 0.717) is 10.0 Å². The first kappa shape index (κ1) is 15.4. The van der Waals surface area contributed by atoms with Gasteiger partial charge in [-0.1, -0.05) is 28.1 Å². The molecule has 0 aromatic heterocycles. The molecule has 0 saturated heterocycles. The molecule has 1 unspecified atom stereocenters. The first-order chi connectivity index (χ1) is 9.90. The number of hydrogen-bond acceptors (Lipinski definition) is 4. The predicted octanol–water partition coefficient (Wildman–Crippen LogP) is 4.34. The van der Waals surface area contributed by atoms with Crippen molar-refractivity contribution in [3.05, 3.63) is 62.4 Å². The van der Waals surface area contributed by atoms with E-state index in [1.807, 2.05) is 0 Å². The number of halogens is 2. The summed E-state index contributed by atoms with van der Waals surface area (Å²) in [6, 6.07) is 8.10. The third-order valence-corrected chi connectivity index (χ3v) is 3.47. The zero-order valence-corrected chi connectivity index (χ0v) is 12.5. The van der Waals surface area contributed by atoms with Crippen LogP contribution in [-0.2, 0) is 0 Å². The number of ether oxygens (including phenoxy) is 1. The highest BCUT2D eigenvalue weighted by Crippen LogP contribution is 2.36. The Labute approximate surface area is 128 Å². The van der Waals surface area contributed by atoms with Crippen LogP contribution in [-0.4, -0.2) is 10.0 Å². The topological polar surface area (TPSA) is 72.6 Å². The van der Waals surface area contributed by atoms with Crippen molar-refractivity contribution in [2.75, 3.05) is 0 Å². The third kappa shape index (κ3) is 3.37. The van der Waals surface area contributed by atoms with Gasteiger partial charge in [0, 0.05) is 10.5 Å². The molecule has 1 N–H and O–H groups in total. The molecular weight excluding hydrogens is 345 g/mol. The summed E-state index contributed by atoms with van der Waals surface area (Å²) in [5, 5.41) is 20.4. The zero-order valence-electron chi connectivity index (χ0n) is 10.9. The summed E-state index contributed by atoms with van der Waals surface area (Å²) in [5.41, 5.74) is 0.177. The molecule has 0 spiro atoms. The molecule has 5 nitrogen and oxygen atoms in total. The lowest BCUT2D eigenvalue weighted by atomic mass is 10.1. The number of para-hydroxylation sites is 1. The van der Waals surface area contributed by atoms with Gasteiger partial charge in [-0.3, -0.25) is 10.1 Å². The van der Waals surface area contributed by atoms with Crippen LogP contribution in [0, 0.1) is 15.9 Å². The second kappa shape index (κ2) is 6.19. The Hall–Kier alpha value is -1.99. The van der Waals surface area contributed by atoms with Crippen molar-refractivity contribution in [3.63, 3.8) is 0 Å². The van der Waals surface area contributed by atoms with Crippen molar-refractivity contribution in [2.45, 2.75) is 13.0 Å². The lowest BCUT2D eigenvalue weighted by Crippen LogP contribution is -1.97. The number of benzene rings is 2. The van der Waals surface area contributed by atoms with Crippen molar-refractivity contribution in [1.29, 1.82) is 0 Å². The van der Waals surface area contributed by atoms with Gasteiger partial charge in [0.15, 0.2) is 5.82 Å². The van der Waals surface area contributed by atoms with E-state index >= 15 is 0 Å². The van der Waals surface area contributed by atoms with Gasteiger partial charge < -0.3 is 9.84 Å². The van der Waals surface area contributed by atoms with E-state index in [1.54, 1.807) is 13.0 Å². The molecule has 0 amide bonds. The highest BCUT2D eigenvalue weighted by Gasteiger charge is 2.20. The number of aliphatic hydroxyl groups is 1. The van der Waals surface area contributed by atoms with Crippen LogP contribution in [0.15, 0.2) is 40.9 Å². The van der Waals surface area contributed by atoms with E-state index in [2.05, 4.69) is 15.9 Å². The molecule has 0 aliphatic rings. The molecule has 0 radical (unpaired) electrons. The van der Waals surface area contributed by atoms with Crippen LogP contribution in [0.1, 0.15) is 18.6 Å². The molecule has 0 fully saturated rings. The number of hydrogen-bond donors (Lipinski definition) is 1. The minimum atomic E-state index is -0.820. The minimum absolute atomic E-state index is 0.222. The third-order valence-electron chi connectivity index (χ3n) is 2.78. The molecule has 110 valence electrons. The maximum atomic E-state index is 13.7. The highest BCUT2D eigenvalue weighted by molar-refractivity contribution is 9.10. The van der Waals surface area contributed by atoms with E-state index in [4.69, 9.17) is 4.74 Å². The maximum absolute atomic E-state index is 13.7. The number of aliphatic hydroxyl groups excluding tert-OH is 1. The molecule has 0 saturated carbocycles. The van der Waals surface area contributed by atoms with Gasteiger partial charge in [-0.2, -0.15) is 0 Å². The minimum Gasteiger partial charge on any atom is -0.447 e. The van der Waals surface area contributed by atoms with Gasteiger partial charge in [-0.05, 0) is 30.7 Å². The Kier molecular flexibility index (Phi) is 4.54. The molecule has 7 heteroatoms. The van der Waals surface area contributed by atoms with E-state index in [0.717, 1.165) is 12.1 Å². The maximum Gasteiger partial charge on any atom is 0.314 e. The van der Waals surface area contributed by atoms with Crippen molar-refractivity contribution in [1.82, 2.24) is 0 Å². The summed E-state index contributed by atoms with van der Waals surface area (Å²) in [6.07, 6.45) is -0.684. The molecule has 0 aliphatic carbocycles. The molecule has 2 rings (SSSR count). The molecule has 0 bridgehead atoms. The standard InChI is InChI=1S/C14H11BrFNO4/c1-8(18)10-6-5-9(7-11(10)15)21-14-12(16)3-2-4-13(14)17(19)20/h2-8,18H,1H3. The van der Waals surface area contributed by atoms with Crippen molar-refractivity contribution < 1.29 is 19.2 Å². The Bertz CT molecular complexity index is 691. The summed E-state index contributed by atoms with van der Waals surface area (Å²) in [6.45, 7) is 1.60. The van der Waals surface area contributed by atoms with Crippen LogP contribution in [0.25, 0.3) is 0 Å². The molecule has 21 heavy (non-hydrogen) atoms. The van der Waals surface area contributed by atoms with Crippen LogP contribution >= 0.6 is 15.9 Å². The Morgan fingerprint density at radius 3 is 2.67 bits per heavy atom. The van der Waals surface area contributed by atoms with Gasteiger partial charge in [0.05, 0.1) is 11.0 Å². The van der Waals surface area contributed by atoms with Gasteiger partial charge in [0.25, 0.3) is 0 Å². The SMILES string of the molecule is CC(O)c1ccc(Oc2c(F)cccc2[N+](=O)[O-])cc1Br. The Morgan fingerprint density at radius 1 is 1.38 bits per heavy atom. The largest absolute Gasteiger partial charge is 0.447 e. The van der Waals surface area contributed by atoms with Gasteiger partial charge >= 0.3 is 5.69 Å². The summed E-state index contributed by atoms with van der Waals surface area (Å²) < 4.78 is 19.6. The Balaban J connectivity index is 2.39. The smallest absolute Gasteiger partial charge is 0.314 e. The molecule has 1 atom stereocenters. The van der Waals surface area contributed by atoms with Crippen LogP contribution < -0.4 is 4.74 Å². The van der Waals surface area contributed by atoms with Gasteiger partial charge in [-0.25, -0.2) is 4.39 Å². The average molecular weight is 356 g/mol. The average Bonchev–Trinajstić information content (AvgIpc) is 2.40. The molecular formula is C14H11BrFNO4. The number of rotatable bonds is 4. The van der Waals surface area contributed by atoms with Gasteiger partial charge in [0.2, 0.25) is 5.75 Å². The number of nitrogens with zero attached hydrogens (tertiary/aromatic N) is 1. The van der Waals surface area contributed by atoms with Crippen LogP contribution in [0.2, 0.25) is 0 Å². The monoisotopic (exact) mass is 355 g/mol. The van der Waals surface area contributed by atoms with E-state index < -0.39 is 28.3 Å². The Morgan fingerprint density at radius 2 is 2.10 bits per heavy atom. The van der Waals surface area contributed by atoms with Crippen molar-refractivity contribution in [3.8, 4) is 11.5 Å². The first-order valence-electron chi connectivity index (χ1n) is 5.98. The van der Waals surface area contributed by atoms with E-state index in [9.17, 15) is 19.6 Å². The molecule has 2 aromatic rings. The fourth-order valence-electron chi connectivity index (χ4n) is 1.77. The van der Waals surface area contributed by atoms with E-state index in [-0.39, 0.29) is 5.75 Å². The molecule has 2 aromatic carbocycles. The van der Waals surface area contributed by atoms with Crippen LogP contribution in [0.5, 0.6) is 11.5 Å². The van der Waals surface area contributed by atoms with Crippen molar-refractivity contribution >= 4 is 21.6 Å². The number of nitro groups is 1.